The van der Waals surface area contributed by atoms with Gasteiger partial charge in [-0.15, -0.1) is 0 Å². The predicted octanol–water partition coefficient (Wildman–Crippen LogP) is 33.9. The molecular weight excluding hydrogens is 1780 g/mol. The number of benzene rings is 16. The number of aliphatic imine (C=N–C) groups is 4. The van der Waals surface area contributed by atoms with E-state index in [-0.39, 0.29) is 19.5 Å². The molecule has 0 atom stereocenters. The summed E-state index contributed by atoms with van der Waals surface area (Å²) >= 11 is 0. The molecule has 0 bridgehead atoms. The van der Waals surface area contributed by atoms with Crippen LogP contribution in [0.15, 0.2) is 419 Å². The van der Waals surface area contributed by atoms with Gasteiger partial charge in [-0.2, -0.15) is 0 Å². The minimum Gasteiger partial charge on any atom is -0.434 e. The second-order valence-electron chi connectivity index (χ2n) is 37.1. The van der Waals surface area contributed by atoms with Gasteiger partial charge in [0.05, 0.1) is 34.2 Å². The van der Waals surface area contributed by atoms with Gasteiger partial charge in [0.15, 0.2) is 0 Å². The number of unbranched alkanes of at least 4 members (excludes halogenated alkanes) is 12. The van der Waals surface area contributed by atoms with E-state index in [1.807, 2.05) is 24.3 Å². The Morgan fingerprint density at radius 1 is 0.224 bits per heavy atom. The molecular formula is C136H116N6Zn. The molecule has 4 heterocycles. The molecule has 2 aliphatic rings. The van der Waals surface area contributed by atoms with Crippen LogP contribution in [0.4, 0.5) is 11.6 Å². The summed E-state index contributed by atoms with van der Waals surface area (Å²) in [6, 6.07) is 137. The molecule has 0 saturated carbocycles. The van der Waals surface area contributed by atoms with E-state index in [0.717, 1.165) is 181 Å². The van der Waals surface area contributed by atoms with Gasteiger partial charge in [0.25, 0.3) is 0 Å². The quantitative estimate of drug-likeness (QED) is 0.0255. The maximum absolute atomic E-state index is 5.59. The van der Waals surface area contributed by atoms with Gasteiger partial charge in [-0.05, 0) is 233 Å². The van der Waals surface area contributed by atoms with Crippen molar-refractivity contribution in [3.63, 3.8) is 0 Å². The van der Waals surface area contributed by atoms with Crippen LogP contribution in [-0.4, -0.2) is 23.1 Å². The Morgan fingerprint density at radius 3 is 0.755 bits per heavy atom. The van der Waals surface area contributed by atoms with Crippen LogP contribution in [0.1, 0.15) is 208 Å². The number of hydrogen-bond donors (Lipinski definition) is 0. The number of fused-ring (bicyclic) bond motifs is 4. The average Bonchev–Trinajstić information content (AvgIpc) is 1.61. The van der Waals surface area contributed by atoms with E-state index in [9.17, 15) is 0 Å². The summed E-state index contributed by atoms with van der Waals surface area (Å²) in [5, 5.41) is 9.36. The van der Waals surface area contributed by atoms with Crippen LogP contribution in [0, 0.1) is 47.4 Å². The number of aromatic nitrogens is 2. The third kappa shape index (κ3) is 24.1. The predicted molar refractivity (Wildman–Crippen MR) is 601 cm³/mol. The first-order chi connectivity index (χ1) is 70.2. The van der Waals surface area contributed by atoms with Crippen LogP contribution in [0.3, 0.4) is 0 Å². The minimum atomic E-state index is 0. The van der Waals surface area contributed by atoms with E-state index < -0.39 is 0 Å². The van der Waals surface area contributed by atoms with Crippen LogP contribution in [0.25, 0.3) is 99.0 Å². The Kier molecular flexibility index (Phi) is 32.9. The number of aryl methyl sites for hydroxylation is 4. The smallest absolute Gasteiger partial charge is 0.434 e. The molecule has 2 aromatic heterocycles. The monoisotopic (exact) mass is 1900 g/mol. The molecule has 20 rings (SSSR count). The minimum absolute atomic E-state index is 0. The van der Waals surface area contributed by atoms with Crippen LogP contribution in [0.2, 0.25) is 0 Å². The summed E-state index contributed by atoms with van der Waals surface area (Å²) < 4.78 is 0. The average molecular weight is 1900 g/mol. The van der Waals surface area contributed by atoms with Gasteiger partial charge in [0, 0.05) is 55.7 Å². The second-order valence-corrected chi connectivity index (χ2v) is 37.1. The van der Waals surface area contributed by atoms with Gasteiger partial charge >= 0.3 is 19.5 Å². The molecule has 0 aliphatic carbocycles. The normalized spacial score (nSPS) is 12.7. The summed E-state index contributed by atoms with van der Waals surface area (Å²) in [6.07, 6.45) is 23.9. The van der Waals surface area contributed by atoms with Gasteiger partial charge in [-0.1, -0.05) is 492 Å². The first-order valence-corrected chi connectivity index (χ1v) is 51.1. The molecule has 16 aromatic carbocycles. The molecule has 0 N–H and O–H groups in total. The summed E-state index contributed by atoms with van der Waals surface area (Å²) in [6.45, 7) is 9.04. The van der Waals surface area contributed by atoms with Gasteiger partial charge in [0.2, 0.25) is 0 Å². The summed E-state index contributed by atoms with van der Waals surface area (Å²) in [4.78, 5) is 33.2. The van der Waals surface area contributed by atoms with E-state index >= 15 is 0 Å². The first-order valence-electron chi connectivity index (χ1n) is 51.1. The molecule has 2 aliphatic heterocycles. The number of amidine groups is 2. The SMILES string of the molecule is CCCCCCc1ccc(C2=N/C(=N\c3[n-]c(-c4ccc(CCCCCC)cc4)c(C#Cc4ccc5ccccc5c4)c3-c3ccccc3)C(c3ccccc3)=C2C#Cc2ccc3ccccc3c2)cc1.CCCCCCc1ccc(C2=N/C(=N\c3[n-]c(-c4ccc(CCCCCC)cc4)c(C#Cc4ccc5ccccc5c4)c3-c3ccccc3)C(c3ccccc3)=C2C#Cc2ccc3ccccc3c2)cc1.[Zn+2]. The van der Waals surface area contributed by atoms with E-state index in [2.05, 4.69) is 439 Å². The Balaban J connectivity index is 0.000000187. The Morgan fingerprint density at radius 2 is 0.476 bits per heavy atom. The third-order valence-electron chi connectivity index (χ3n) is 26.9. The maximum atomic E-state index is 5.59. The largest absolute Gasteiger partial charge is 2.00 e. The standard InChI is InChI=1S/2C68H58N3.Zn/c2*1-3-5-7-11-21-49-31-41-57(42-32-49)65-61(45-37-51-35-39-53-23-17-19-29-59(53)47-51)63(55-25-13-9-14-26-55)67(69-65)71-68-64(56-27-15-10-16-28-56)62(46-38-52-36-40-54-24-18-20-30-60(54)48-52)66(70-68)58-43-33-50(34-44-58)22-12-8-6-4-2;/h2*9-10,13-20,23-36,39-44,47-48H,3-8,11-12,21-22H2,1-2H3;/q2*-1;+2/b2*71-67-;. The van der Waals surface area contributed by atoms with Gasteiger partial charge in [0.1, 0.15) is 0 Å². The van der Waals surface area contributed by atoms with Crippen LogP contribution in [0.5, 0.6) is 0 Å². The molecule has 143 heavy (non-hydrogen) atoms. The van der Waals surface area contributed by atoms with E-state index in [0.29, 0.717) is 23.3 Å². The van der Waals surface area contributed by atoms with E-state index in [1.165, 1.54) is 147 Å². The van der Waals surface area contributed by atoms with Gasteiger partial charge < -0.3 is 20.0 Å². The van der Waals surface area contributed by atoms with Crippen molar-refractivity contribution in [3.05, 3.63) is 477 Å². The molecule has 0 amide bonds. The van der Waals surface area contributed by atoms with Crippen molar-refractivity contribution in [2.24, 2.45) is 20.0 Å². The van der Waals surface area contributed by atoms with E-state index in [4.69, 9.17) is 29.9 Å². The van der Waals surface area contributed by atoms with Crippen LogP contribution >= 0.6 is 0 Å². The molecule has 7 heteroatoms. The van der Waals surface area contributed by atoms with Crippen LogP contribution in [-0.2, 0) is 45.2 Å². The van der Waals surface area contributed by atoms with Crippen molar-refractivity contribution in [2.45, 2.75) is 156 Å². The first kappa shape index (κ1) is 97.4. The van der Waals surface area contributed by atoms with Gasteiger partial charge in [-0.3, -0.25) is 9.98 Å². The fourth-order valence-electron chi connectivity index (χ4n) is 19.1. The fraction of sp³-hybridized carbons (Fsp3) is 0.176. The van der Waals surface area contributed by atoms with Crippen LogP contribution < -0.4 is 9.97 Å². The Bertz CT molecular complexity index is 7540. The summed E-state index contributed by atoms with van der Waals surface area (Å²) in [5.41, 5.74) is 27.0. The number of hydrogen-bond acceptors (Lipinski definition) is 2. The topological polar surface area (TPSA) is 77.6 Å². The van der Waals surface area contributed by atoms with E-state index in [1.54, 1.807) is 0 Å². The number of rotatable bonds is 30. The molecule has 0 fully saturated rings. The molecule has 18 aromatic rings. The van der Waals surface area contributed by atoms with Crippen molar-refractivity contribution >= 4 is 89.0 Å². The Labute approximate surface area is 857 Å². The number of nitrogens with zero attached hydrogens (tertiary/aromatic N) is 6. The summed E-state index contributed by atoms with van der Waals surface area (Å²) in [7, 11) is 0. The zero-order chi connectivity index (χ0) is 96.4. The zero-order valence-corrected chi connectivity index (χ0v) is 85.5. The molecule has 692 valence electrons. The van der Waals surface area contributed by atoms with Crippen molar-refractivity contribution < 1.29 is 19.5 Å². The zero-order valence-electron chi connectivity index (χ0n) is 82.5. The molecule has 0 saturated heterocycles. The molecule has 0 spiro atoms. The molecule has 0 radical (unpaired) electrons. The summed E-state index contributed by atoms with van der Waals surface area (Å²) in [5.74, 6) is 31.3. The third-order valence-corrected chi connectivity index (χ3v) is 26.9. The second kappa shape index (κ2) is 48.3. The molecule has 0 unspecified atom stereocenters. The Hall–Kier alpha value is -15.9. The molecule has 6 nitrogen and oxygen atoms in total. The van der Waals surface area contributed by atoms with Gasteiger partial charge in [-0.25, -0.2) is 0 Å². The van der Waals surface area contributed by atoms with Crippen molar-refractivity contribution in [3.8, 4) is 92.1 Å². The number of allylic oxidation sites excluding steroid dienone is 2. The van der Waals surface area contributed by atoms with Crippen molar-refractivity contribution in [2.75, 3.05) is 0 Å². The van der Waals surface area contributed by atoms with Crippen molar-refractivity contribution in [1.82, 2.24) is 9.97 Å². The van der Waals surface area contributed by atoms with Crippen molar-refractivity contribution in [1.29, 1.82) is 0 Å². The fourth-order valence-corrected chi connectivity index (χ4v) is 19.1. The maximum Gasteiger partial charge on any atom is 2.00 e.